The quantitative estimate of drug-likeness (QED) is 0.312. The highest BCUT2D eigenvalue weighted by molar-refractivity contribution is 7.86. The molecule has 0 aromatic heterocycles. The number of alkyl halides is 1. The van der Waals surface area contributed by atoms with Crippen molar-refractivity contribution in [2.75, 3.05) is 12.9 Å². The summed E-state index contributed by atoms with van der Waals surface area (Å²) in [7, 11) is -3.86. The molecule has 2 heterocycles. The summed E-state index contributed by atoms with van der Waals surface area (Å²) in [5, 5.41) is 3.28. The van der Waals surface area contributed by atoms with E-state index in [-0.39, 0.29) is 6.61 Å². The van der Waals surface area contributed by atoms with Crippen LogP contribution in [-0.2, 0) is 23.8 Å². The molecule has 0 unspecified atom stereocenters. The predicted molar refractivity (Wildman–Crippen MR) is 52.2 cm³/mol. The fourth-order valence-electron chi connectivity index (χ4n) is 1.83. The molecule has 2 bridgehead atoms. The van der Waals surface area contributed by atoms with Crippen molar-refractivity contribution in [3.8, 4) is 0 Å². The van der Waals surface area contributed by atoms with E-state index in [4.69, 9.17) is 15.0 Å². The van der Waals surface area contributed by atoms with Gasteiger partial charge in [-0.1, -0.05) is 5.11 Å². The Hall–Kier alpha value is -0.930. The van der Waals surface area contributed by atoms with Gasteiger partial charge in [-0.2, -0.15) is 8.42 Å². The van der Waals surface area contributed by atoms with E-state index >= 15 is 0 Å². The van der Waals surface area contributed by atoms with Crippen LogP contribution in [0.25, 0.3) is 10.4 Å². The first-order valence-corrected chi connectivity index (χ1v) is 6.57. The third-order valence-electron chi connectivity index (χ3n) is 2.49. The van der Waals surface area contributed by atoms with Crippen LogP contribution in [0.4, 0.5) is 4.39 Å². The Bertz CT molecular complexity index is 450. The van der Waals surface area contributed by atoms with E-state index in [1.807, 2.05) is 0 Å². The number of rotatable bonds is 3. The average molecular weight is 267 g/mol. The monoisotopic (exact) mass is 267 g/mol. The number of hydrogen-bond donors (Lipinski definition) is 0. The molecule has 2 fully saturated rings. The third kappa shape index (κ3) is 2.50. The van der Waals surface area contributed by atoms with Crippen molar-refractivity contribution >= 4 is 10.1 Å². The number of halogens is 1. The fourth-order valence-corrected chi connectivity index (χ4v) is 2.46. The molecule has 0 aromatic carbocycles. The molecule has 2 aliphatic heterocycles. The fraction of sp³-hybridized carbons (Fsp3) is 1.00. The molecule has 17 heavy (non-hydrogen) atoms. The Balaban J connectivity index is 2.28. The van der Waals surface area contributed by atoms with Crippen molar-refractivity contribution in [3.63, 3.8) is 0 Å². The van der Waals surface area contributed by atoms with Crippen LogP contribution in [0.3, 0.4) is 0 Å². The highest BCUT2D eigenvalue weighted by atomic mass is 32.2. The van der Waals surface area contributed by atoms with Gasteiger partial charge in [0.05, 0.1) is 12.9 Å². The van der Waals surface area contributed by atoms with Crippen molar-refractivity contribution in [2.24, 2.45) is 5.11 Å². The van der Waals surface area contributed by atoms with E-state index in [9.17, 15) is 12.8 Å². The lowest BCUT2D eigenvalue weighted by Crippen LogP contribution is -2.52. The van der Waals surface area contributed by atoms with Gasteiger partial charge in [-0.15, -0.1) is 0 Å². The molecule has 0 aliphatic carbocycles. The predicted octanol–water partition coefficient (Wildman–Crippen LogP) is 0.103. The summed E-state index contributed by atoms with van der Waals surface area (Å²) in [6.45, 7) is -0.0209. The van der Waals surface area contributed by atoms with Crippen molar-refractivity contribution in [1.82, 2.24) is 0 Å². The summed E-state index contributed by atoms with van der Waals surface area (Å²) in [5.74, 6) is 0. The Morgan fingerprint density at radius 2 is 2.29 bits per heavy atom. The maximum atomic E-state index is 13.9. The second kappa shape index (κ2) is 4.39. The zero-order valence-electron chi connectivity index (χ0n) is 8.76. The molecule has 0 saturated carbocycles. The molecule has 96 valence electrons. The molecule has 0 radical (unpaired) electrons. The number of hydrogen-bond acceptors (Lipinski definition) is 6. The lowest BCUT2D eigenvalue weighted by atomic mass is 10.0. The zero-order chi connectivity index (χ0) is 12.6. The van der Waals surface area contributed by atoms with E-state index in [1.165, 1.54) is 0 Å². The number of ether oxygens (including phenoxy) is 2. The van der Waals surface area contributed by atoms with E-state index in [0.717, 1.165) is 6.26 Å². The highest BCUT2D eigenvalue weighted by Crippen LogP contribution is 2.34. The van der Waals surface area contributed by atoms with Gasteiger partial charge in [0, 0.05) is 4.91 Å². The van der Waals surface area contributed by atoms with E-state index in [0.29, 0.717) is 0 Å². The van der Waals surface area contributed by atoms with E-state index in [1.54, 1.807) is 0 Å². The van der Waals surface area contributed by atoms with Crippen LogP contribution in [0, 0.1) is 0 Å². The van der Waals surface area contributed by atoms with Crippen LogP contribution < -0.4 is 0 Å². The molecule has 2 rings (SSSR count). The molecule has 0 spiro atoms. The Morgan fingerprint density at radius 3 is 2.88 bits per heavy atom. The van der Waals surface area contributed by atoms with Gasteiger partial charge < -0.3 is 9.47 Å². The second-order valence-electron chi connectivity index (χ2n) is 3.78. The van der Waals surface area contributed by atoms with Crippen molar-refractivity contribution in [3.05, 3.63) is 10.4 Å². The van der Waals surface area contributed by atoms with Crippen LogP contribution >= 0.6 is 0 Å². The number of azide groups is 1. The molecule has 10 heteroatoms. The van der Waals surface area contributed by atoms with Crippen LogP contribution in [0.2, 0.25) is 0 Å². The Kier molecular flexibility index (Phi) is 3.23. The Labute approximate surface area is 96.4 Å². The molecule has 2 saturated heterocycles. The normalized spacial score (nSPS) is 40.9. The average Bonchev–Trinajstić information content (AvgIpc) is 2.65. The SMILES string of the molecule is CS(=O)(=O)O[C@H]1[C@@H](F)[C@H]2CO[C@H](O2)[C@@H]1N=[N+]=[N-]. The Morgan fingerprint density at radius 1 is 1.59 bits per heavy atom. The molecule has 8 nitrogen and oxygen atoms in total. The van der Waals surface area contributed by atoms with Gasteiger partial charge in [-0.3, -0.25) is 4.18 Å². The van der Waals surface area contributed by atoms with Gasteiger partial charge >= 0.3 is 0 Å². The maximum Gasteiger partial charge on any atom is 0.264 e. The van der Waals surface area contributed by atoms with Crippen LogP contribution in [0.5, 0.6) is 0 Å². The topological polar surface area (TPSA) is 111 Å². The van der Waals surface area contributed by atoms with Gasteiger partial charge in [0.25, 0.3) is 10.1 Å². The first-order valence-electron chi connectivity index (χ1n) is 4.76. The van der Waals surface area contributed by atoms with Crippen molar-refractivity contribution in [2.45, 2.75) is 30.7 Å². The maximum absolute atomic E-state index is 13.9. The molecular formula is C7H10FN3O5S. The lowest BCUT2D eigenvalue weighted by molar-refractivity contribution is -0.152. The molecule has 0 aromatic rings. The first kappa shape index (κ1) is 12.5. The summed E-state index contributed by atoms with van der Waals surface area (Å²) in [4.78, 5) is 2.51. The first-order chi connectivity index (χ1) is 7.92. The van der Waals surface area contributed by atoms with E-state index in [2.05, 4.69) is 14.2 Å². The van der Waals surface area contributed by atoms with Gasteiger partial charge in [0.15, 0.2) is 12.5 Å². The standard InChI is InChI=1S/C7H10FN3O5S/c1-17(12,13)16-6-4(8)3-2-14-7(15-3)5(6)10-11-9/h3-7H,2H2,1H3/t3-,4+,5-,6+,7-/m1/s1. The smallest absolute Gasteiger partial charge is 0.264 e. The van der Waals surface area contributed by atoms with Gasteiger partial charge in [-0.05, 0) is 5.53 Å². The molecule has 2 aliphatic rings. The molecule has 0 N–H and O–H groups in total. The second-order valence-corrected chi connectivity index (χ2v) is 5.38. The molecule has 0 amide bonds. The molecule has 5 atom stereocenters. The largest absolute Gasteiger partial charge is 0.349 e. The van der Waals surface area contributed by atoms with Gasteiger partial charge in [0.2, 0.25) is 0 Å². The number of fused-ring (bicyclic) bond motifs is 2. The van der Waals surface area contributed by atoms with Gasteiger partial charge in [0.1, 0.15) is 18.2 Å². The van der Waals surface area contributed by atoms with E-state index < -0.39 is 40.8 Å². The number of nitrogens with zero attached hydrogens (tertiary/aromatic N) is 3. The summed E-state index contributed by atoms with van der Waals surface area (Å²) in [5.41, 5.74) is 8.37. The van der Waals surface area contributed by atoms with Crippen LogP contribution in [0.15, 0.2) is 5.11 Å². The summed E-state index contributed by atoms with van der Waals surface area (Å²) in [6.07, 6.45) is -4.19. The van der Waals surface area contributed by atoms with Crippen LogP contribution in [0.1, 0.15) is 0 Å². The zero-order valence-corrected chi connectivity index (χ0v) is 9.58. The molecular weight excluding hydrogens is 257 g/mol. The van der Waals surface area contributed by atoms with Crippen LogP contribution in [-0.4, -0.2) is 52.0 Å². The summed E-state index contributed by atoms with van der Waals surface area (Å²) >= 11 is 0. The third-order valence-corrected chi connectivity index (χ3v) is 3.06. The van der Waals surface area contributed by atoms with Crippen molar-refractivity contribution in [1.29, 1.82) is 0 Å². The van der Waals surface area contributed by atoms with Crippen molar-refractivity contribution < 1.29 is 26.5 Å². The summed E-state index contributed by atoms with van der Waals surface area (Å²) < 4.78 is 50.7. The highest BCUT2D eigenvalue weighted by Gasteiger charge is 2.52. The summed E-state index contributed by atoms with van der Waals surface area (Å²) in [6, 6.07) is -1.16. The minimum absolute atomic E-state index is 0.0209. The minimum atomic E-state index is -3.86. The lowest BCUT2D eigenvalue weighted by Gasteiger charge is -2.33. The van der Waals surface area contributed by atoms with Gasteiger partial charge in [-0.25, -0.2) is 4.39 Å². The minimum Gasteiger partial charge on any atom is -0.349 e.